The molecule has 0 saturated heterocycles. The number of hydrogen-bond acceptors (Lipinski definition) is 7. The number of carbonyl (C=O) groups excluding carboxylic acids is 2. The lowest BCUT2D eigenvalue weighted by Gasteiger charge is -2.28. The summed E-state index contributed by atoms with van der Waals surface area (Å²) in [7, 11) is 0. The Morgan fingerprint density at radius 1 is 1.39 bits per heavy atom. The topological polar surface area (TPSA) is 89.1 Å². The summed E-state index contributed by atoms with van der Waals surface area (Å²) in [5.74, 6) is 0.645. The van der Waals surface area contributed by atoms with E-state index in [1.54, 1.807) is 18.4 Å². The molecule has 1 N–H and O–H groups in total. The number of rotatable bonds is 5. The molecule has 0 amide bonds. The summed E-state index contributed by atoms with van der Waals surface area (Å²) in [6.07, 6.45) is 2.09. The van der Waals surface area contributed by atoms with Gasteiger partial charge in [-0.1, -0.05) is 13.8 Å². The number of ketones is 1. The number of esters is 1. The number of aliphatic imine (C=N–C) groups is 1. The molecule has 1 aliphatic carbocycles. The van der Waals surface area contributed by atoms with Crippen molar-refractivity contribution in [3.05, 3.63) is 40.2 Å². The highest BCUT2D eigenvalue weighted by molar-refractivity contribution is 7.14. The average Bonchev–Trinajstić information content (AvgIpc) is 3.19. The first-order chi connectivity index (χ1) is 13.2. The Morgan fingerprint density at radius 3 is 2.75 bits per heavy atom. The van der Waals surface area contributed by atoms with E-state index in [0.29, 0.717) is 34.7 Å². The maximum absolute atomic E-state index is 12.5. The zero-order chi connectivity index (χ0) is 20.5. The Bertz CT molecular complexity index is 977. The van der Waals surface area contributed by atoms with Gasteiger partial charge in [0.2, 0.25) is 0 Å². The summed E-state index contributed by atoms with van der Waals surface area (Å²) in [6, 6.07) is 3.60. The number of aliphatic hydroxyl groups is 1. The minimum atomic E-state index is -0.505. The second-order valence-corrected chi connectivity index (χ2v) is 8.38. The minimum absolute atomic E-state index is 0.0288. The van der Waals surface area contributed by atoms with Crippen molar-refractivity contribution in [2.75, 3.05) is 6.61 Å². The van der Waals surface area contributed by atoms with Crippen LogP contribution in [-0.4, -0.2) is 29.7 Å². The normalized spacial score (nSPS) is 16.8. The van der Waals surface area contributed by atoms with Crippen LogP contribution in [-0.2, 0) is 9.53 Å². The number of carbonyl (C=O) groups is 2. The number of thiophene rings is 1. The molecule has 2 aromatic rings. The number of aliphatic hydroxyl groups excluding tert-OH is 1. The fourth-order valence-electron chi connectivity index (χ4n) is 3.18. The molecule has 28 heavy (non-hydrogen) atoms. The number of furan rings is 1. The molecule has 2 heterocycles. The second-order valence-electron chi connectivity index (χ2n) is 7.52. The molecule has 0 saturated carbocycles. The standard InChI is InChI=1S/C21H23NO5S/c1-5-26-20(25)18-14(17-7-6-12(2)27-17)11-28-19(18)22-10-13-15(23)8-21(3,4)9-16(13)24/h6-7,10-11,23H,5,8-9H2,1-4H3. The molecule has 0 aliphatic heterocycles. The molecule has 2 aromatic heterocycles. The highest BCUT2D eigenvalue weighted by atomic mass is 32.1. The molecule has 0 bridgehead atoms. The van der Waals surface area contributed by atoms with Crippen molar-refractivity contribution in [1.82, 2.24) is 0 Å². The van der Waals surface area contributed by atoms with Crippen molar-refractivity contribution in [1.29, 1.82) is 0 Å². The van der Waals surface area contributed by atoms with E-state index in [4.69, 9.17) is 9.15 Å². The Balaban J connectivity index is 2.00. The van der Waals surface area contributed by atoms with Crippen LogP contribution in [0.15, 0.2) is 38.3 Å². The Hall–Kier alpha value is -2.67. The zero-order valence-corrected chi connectivity index (χ0v) is 17.2. The lowest BCUT2D eigenvalue weighted by Crippen LogP contribution is -2.26. The van der Waals surface area contributed by atoms with Crippen LogP contribution < -0.4 is 0 Å². The molecule has 0 spiro atoms. The van der Waals surface area contributed by atoms with E-state index < -0.39 is 5.97 Å². The molecule has 6 nitrogen and oxygen atoms in total. The summed E-state index contributed by atoms with van der Waals surface area (Å²) in [5.41, 5.74) is 0.805. The lowest BCUT2D eigenvalue weighted by atomic mass is 9.77. The predicted molar refractivity (Wildman–Crippen MR) is 109 cm³/mol. The number of hydrogen-bond donors (Lipinski definition) is 1. The Kier molecular flexibility index (Phi) is 5.56. The number of aryl methyl sites for hydroxylation is 1. The Labute approximate surface area is 167 Å². The Morgan fingerprint density at radius 2 is 2.14 bits per heavy atom. The highest BCUT2D eigenvalue weighted by Crippen LogP contribution is 2.39. The summed E-state index contributed by atoms with van der Waals surface area (Å²) < 4.78 is 10.8. The number of nitrogens with zero attached hydrogens (tertiary/aromatic N) is 1. The van der Waals surface area contributed by atoms with Gasteiger partial charge in [0.1, 0.15) is 27.8 Å². The van der Waals surface area contributed by atoms with Crippen LogP contribution >= 0.6 is 11.3 Å². The van der Waals surface area contributed by atoms with E-state index >= 15 is 0 Å². The monoisotopic (exact) mass is 401 g/mol. The van der Waals surface area contributed by atoms with E-state index in [9.17, 15) is 14.7 Å². The fourth-order valence-corrected chi connectivity index (χ4v) is 4.06. The maximum Gasteiger partial charge on any atom is 0.341 e. The van der Waals surface area contributed by atoms with Crippen molar-refractivity contribution < 1.29 is 23.8 Å². The van der Waals surface area contributed by atoms with Gasteiger partial charge in [-0.15, -0.1) is 11.3 Å². The van der Waals surface area contributed by atoms with Gasteiger partial charge >= 0.3 is 5.97 Å². The van der Waals surface area contributed by atoms with Crippen molar-refractivity contribution >= 4 is 34.3 Å². The number of allylic oxidation sites excluding steroid dienone is 2. The van der Waals surface area contributed by atoms with Gasteiger partial charge in [-0.05, 0) is 31.4 Å². The first kappa shape index (κ1) is 20.1. The van der Waals surface area contributed by atoms with E-state index in [2.05, 4.69) is 4.99 Å². The maximum atomic E-state index is 12.5. The highest BCUT2D eigenvalue weighted by Gasteiger charge is 2.32. The largest absolute Gasteiger partial charge is 0.511 e. The first-order valence-electron chi connectivity index (χ1n) is 9.06. The van der Waals surface area contributed by atoms with Gasteiger partial charge in [0.05, 0.1) is 12.2 Å². The molecule has 3 rings (SSSR count). The van der Waals surface area contributed by atoms with Crippen LogP contribution in [0.25, 0.3) is 11.3 Å². The summed E-state index contributed by atoms with van der Waals surface area (Å²) in [6.45, 7) is 7.66. The van der Waals surface area contributed by atoms with Gasteiger partial charge in [0, 0.05) is 30.0 Å². The lowest BCUT2D eigenvalue weighted by molar-refractivity contribution is -0.117. The third-order valence-electron chi connectivity index (χ3n) is 4.46. The molecule has 0 radical (unpaired) electrons. The van der Waals surface area contributed by atoms with Gasteiger partial charge in [-0.2, -0.15) is 0 Å². The van der Waals surface area contributed by atoms with Crippen molar-refractivity contribution in [3.8, 4) is 11.3 Å². The van der Waals surface area contributed by atoms with Crippen molar-refractivity contribution in [2.24, 2.45) is 10.4 Å². The second kappa shape index (κ2) is 7.75. The van der Waals surface area contributed by atoms with Gasteiger partial charge in [-0.25, -0.2) is 9.79 Å². The van der Waals surface area contributed by atoms with Gasteiger partial charge < -0.3 is 14.3 Å². The smallest absolute Gasteiger partial charge is 0.341 e. The summed E-state index contributed by atoms with van der Waals surface area (Å²) >= 11 is 1.25. The van der Waals surface area contributed by atoms with Gasteiger partial charge in [0.15, 0.2) is 5.78 Å². The third-order valence-corrected chi connectivity index (χ3v) is 5.35. The molecule has 0 unspecified atom stereocenters. The molecule has 0 aromatic carbocycles. The SMILES string of the molecule is CCOC(=O)c1c(-c2ccc(C)o2)csc1N=CC1=C(O)CC(C)(C)CC1=O. The fraction of sp³-hybridized carbons (Fsp3) is 0.381. The van der Waals surface area contributed by atoms with E-state index in [1.165, 1.54) is 17.6 Å². The van der Waals surface area contributed by atoms with Crippen molar-refractivity contribution in [3.63, 3.8) is 0 Å². The van der Waals surface area contributed by atoms with Crippen LogP contribution in [0, 0.1) is 12.3 Å². The molecule has 0 atom stereocenters. The third kappa shape index (κ3) is 4.09. The van der Waals surface area contributed by atoms with Gasteiger partial charge in [-0.3, -0.25) is 4.79 Å². The van der Waals surface area contributed by atoms with Crippen LogP contribution in [0.2, 0.25) is 0 Å². The molecule has 0 fully saturated rings. The van der Waals surface area contributed by atoms with Crippen LogP contribution in [0.1, 0.15) is 49.7 Å². The predicted octanol–water partition coefficient (Wildman–Crippen LogP) is 5.40. The van der Waals surface area contributed by atoms with E-state index in [0.717, 1.165) is 5.76 Å². The average molecular weight is 401 g/mol. The van der Waals surface area contributed by atoms with Crippen molar-refractivity contribution in [2.45, 2.75) is 40.5 Å². The molecular weight excluding hydrogens is 378 g/mol. The van der Waals surface area contributed by atoms with Gasteiger partial charge in [0.25, 0.3) is 0 Å². The summed E-state index contributed by atoms with van der Waals surface area (Å²) in [4.78, 5) is 29.3. The number of ether oxygens (including phenoxy) is 1. The van der Waals surface area contributed by atoms with Crippen LogP contribution in [0.4, 0.5) is 5.00 Å². The molecule has 7 heteroatoms. The number of Topliss-reactive ketones (excluding diaryl/α,β-unsaturated/α-hetero) is 1. The van der Waals surface area contributed by atoms with Crippen LogP contribution in [0.5, 0.6) is 0 Å². The first-order valence-corrected chi connectivity index (χ1v) is 9.94. The molecular formula is C21H23NO5S. The zero-order valence-electron chi connectivity index (χ0n) is 16.4. The minimum Gasteiger partial charge on any atom is -0.511 e. The quantitative estimate of drug-likeness (QED) is 0.535. The summed E-state index contributed by atoms with van der Waals surface area (Å²) in [5, 5.41) is 12.4. The molecule has 148 valence electrons. The van der Waals surface area contributed by atoms with E-state index in [-0.39, 0.29) is 29.1 Å². The van der Waals surface area contributed by atoms with Crippen LogP contribution in [0.3, 0.4) is 0 Å². The molecule has 1 aliphatic rings. The van der Waals surface area contributed by atoms with E-state index in [1.807, 2.05) is 26.8 Å².